The number of hydrogen-bond acceptors (Lipinski definition) is 7. The van der Waals surface area contributed by atoms with E-state index in [4.69, 9.17) is 9.47 Å². The number of carbonyl (C=O) groups excluding carboxylic acids is 3. The Morgan fingerprint density at radius 3 is 2.31 bits per heavy atom. The van der Waals surface area contributed by atoms with Crippen molar-refractivity contribution in [3.8, 4) is 0 Å². The number of ether oxygens (including phenoxy) is 2. The van der Waals surface area contributed by atoms with Gasteiger partial charge in [-0.2, -0.15) is 0 Å². The van der Waals surface area contributed by atoms with Gasteiger partial charge in [0, 0.05) is 42.7 Å². The first-order valence-corrected chi connectivity index (χ1v) is 12.5. The van der Waals surface area contributed by atoms with Crippen LogP contribution in [0.25, 0.3) is 0 Å². The quantitative estimate of drug-likeness (QED) is 0.498. The van der Waals surface area contributed by atoms with Crippen LogP contribution >= 0.6 is 0 Å². The maximum atomic E-state index is 13.8. The predicted molar refractivity (Wildman–Crippen MR) is 134 cm³/mol. The molecule has 0 bridgehead atoms. The van der Waals surface area contributed by atoms with Gasteiger partial charge in [-0.25, -0.2) is 4.79 Å². The van der Waals surface area contributed by atoms with Crippen LogP contribution < -0.4 is 10.2 Å². The second-order valence-corrected chi connectivity index (χ2v) is 10.2. The molecule has 0 spiro atoms. The number of dihydropyridines is 1. The Bertz CT molecular complexity index is 1060. The number of ketones is 1. The number of esters is 2. The number of methoxy groups -OCH3 is 1. The Labute approximate surface area is 207 Å². The number of carbonyl (C=O) groups is 3. The summed E-state index contributed by atoms with van der Waals surface area (Å²) in [6.07, 6.45) is 5.41. The fourth-order valence-corrected chi connectivity index (χ4v) is 5.65. The van der Waals surface area contributed by atoms with E-state index in [1.54, 1.807) is 0 Å². The van der Waals surface area contributed by atoms with Crippen LogP contribution in [-0.4, -0.2) is 45.0 Å². The molecule has 4 rings (SSSR count). The van der Waals surface area contributed by atoms with Crippen molar-refractivity contribution in [2.45, 2.75) is 64.4 Å². The number of nitrogens with one attached hydrogen (secondary N) is 1. The SMILES string of the molecule is COC(=O)[C@@H]1C(=O)C2=C(C[C@H]1C)NC(C)=C(C(=O)OC1CCCCC1)[C@H]2c1ccc(N(C)C)cc1. The standard InChI is InChI=1S/C28H36N2O5/c1-16-15-21-25(26(31)22(16)27(32)34-5)24(18-11-13-19(14-12-18)30(3)4)23(17(2)29-21)28(33)35-20-9-7-6-8-10-20/h11-14,16,20,22,24,29H,6-10,15H2,1-5H3/t16-,22+,24-/m1/s1. The first-order chi connectivity index (χ1) is 16.7. The third-order valence-electron chi connectivity index (χ3n) is 7.53. The molecule has 0 radical (unpaired) electrons. The molecule has 7 nitrogen and oxygen atoms in total. The van der Waals surface area contributed by atoms with Gasteiger partial charge >= 0.3 is 11.9 Å². The highest BCUT2D eigenvalue weighted by atomic mass is 16.5. The molecule has 0 unspecified atom stereocenters. The second kappa shape index (κ2) is 10.3. The van der Waals surface area contributed by atoms with Gasteiger partial charge in [-0.15, -0.1) is 0 Å². The number of hydrogen-bond donors (Lipinski definition) is 1. The van der Waals surface area contributed by atoms with E-state index in [9.17, 15) is 14.4 Å². The molecule has 7 heteroatoms. The van der Waals surface area contributed by atoms with E-state index >= 15 is 0 Å². The lowest BCUT2D eigenvalue weighted by Gasteiger charge is -2.38. The van der Waals surface area contributed by atoms with Crippen LogP contribution in [0.4, 0.5) is 5.69 Å². The normalized spacial score (nSPS) is 25.1. The topological polar surface area (TPSA) is 84.9 Å². The van der Waals surface area contributed by atoms with E-state index in [1.807, 2.05) is 57.1 Å². The molecule has 35 heavy (non-hydrogen) atoms. The molecule has 1 N–H and O–H groups in total. The van der Waals surface area contributed by atoms with Gasteiger partial charge in [0.15, 0.2) is 5.78 Å². The molecule has 1 aliphatic heterocycles. The average Bonchev–Trinajstić information content (AvgIpc) is 2.83. The smallest absolute Gasteiger partial charge is 0.337 e. The van der Waals surface area contributed by atoms with Crippen LogP contribution in [0.15, 0.2) is 46.8 Å². The van der Waals surface area contributed by atoms with E-state index in [1.165, 1.54) is 7.11 Å². The van der Waals surface area contributed by atoms with Crippen molar-refractivity contribution in [2.75, 3.05) is 26.1 Å². The summed E-state index contributed by atoms with van der Waals surface area (Å²) >= 11 is 0. The highest BCUT2D eigenvalue weighted by Gasteiger charge is 2.47. The molecule has 1 fully saturated rings. The van der Waals surface area contributed by atoms with E-state index in [0.717, 1.165) is 49.1 Å². The van der Waals surface area contributed by atoms with Crippen LogP contribution in [0.1, 0.15) is 63.9 Å². The molecule has 0 amide bonds. The monoisotopic (exact) mass is 480 g/mol. The van der Waals surface area contributed by atoms with Gasteiger partial charge in [-0.3, -0.25) is 9.59 Å². The second-order valence-electron chi connectivity index (χ2n) is 10.2. The van der Waals surface area contributed by atoms with Crippen molar-refractivity contribution >= 4 is 23.4 Å². The number of Topliss-reactive ketones (excluding diaryl/α,β-unsaturated/α-hetero) is 1. The van der Waals surface area contributed by atoms with Gasteiger partial charge in [0.1, 0.15) is 12.0 Å². The van der Waals surface area contributed by atoms with Gasteiger partial charge in [0.25, 0.3) is 0 Å². The lowest BCUT2D eigenvalue weighted by Crippen LogP contribution is -2.43. The number of benzene rings is 1. The summed E-state index contributed by atoms with van der Waals surface area (Å²) in [6, 6.07) is 7.86. The molecule has 1 saturated carbocycles. The largest absolute Gasteiger partial charge is 0.468 e. The van der Waals surface area contributed by atoms with Crippen LogP contribution in [0.3, 0.4) is 0 Å². The van der Waals surface area contributed by atoms with Crippen molar-refractivity contribution < 1.29 is 23.9 Å². The van der Waals surface area contributed by atoms with E-state index in [-0.39, 0.29) is 17.8 Å². The highest BCUT2D eigenvalue weighted by Crippen LogP contribution is 2.46. The average molecular weight is 481 g/mol. The third kappa shape index (κ3) is 4.86. The first kappa shape index (κ1) is 25.0. The van der Waals surface area contributed by atoms with Gasteiger partial charge in [0.05, 0.1) is 12.7 Å². The van der Waals surface area contributed by atoms with Gasteiger partial charge in [0.2, 0.25) is 0 Å². The maximum absolute atomic E-state index is 13.8. The zero-order valence-electron chi connectivity index (χ0n) is 21.3. The Balaban J connectivity index is 1.78. The summed E-state index contributed by atoms with van der Waals surface area (Å²) in [5, 5.41) is 3.33. The molecule has 1 heterocycles. The van der Waals surface area contributed by atoms with E-state index < -0.39 is 23.8 Å². The van der Waals surface area contributed by atoms with Gasteiger partial charge in [-0.1, -0.05) is 25.5 Å². The summed E-state index contributed by atoms with van der Waals surface area (Å²) < 4.78 is 11.0. The van der Waals surface area contributed by atoms with Crippen molar-refractivity contribution in [1.29, 1.82) is 0 Å². The molecule has 3 aliphatic rings. The summed E-state index contributed by atoms with van der Waals surface area (Å²) in [5.74, 6) is -2.91. The first-order valence-electron chi connectivity index (χ1n) is 12.5. The van der Waals surface area contributed by atoms with Crippen LogP contribution in [0, 0.1) is 11.8 Å². The Morgan fingerprint density at radius 1 is 1.06 bits per heavy atom. The number of rotatable bonds is 5. The predicted octanol–water partition coefficient (Wildman–Crippen LogP) is 4.24. The van der Waals surface area contributed by atoms with E-state index in [0.29, 0.717) is 23.3 Å². The van der Waals surface area contributed by atoms with Gasteiger partial charge < -0.3 is 19.7 Å². The molecule has 3 atom stereocenters. The molecule has 0 aromatic heterocycles. The highest BCUT2D eigenvalue weighted by molar-refractivity contribution is 6.12. The summed E-state index contributed by atoms with van der Waals surface area (Å²) in [6.45, 7) is 3.75. The fraction of sp³-hybridized carbons (Fsp3) is 0.536. The minimum atomic E-state index is -0.891. The number of nitrogens with zero attached hydrogens (tertiary/aromatic N) is 1. The lowest BCUT2D eigenvalue weighted by molar-refractivity contribution is -0.151. The lowest BCUT2D eigenvalue weighted by atomic mass is 9.69. The zero-order chi connectivity index (χ0) is 25.3. The minimum absolute atomic E-state index is 0.103. The van der Waals surface area contributed by atoms with Crippen molar-refractivity contribution in [1.82, 2.24) is 5.32 Å². The number of allylic oxidation sites excluding steroid dienone is 3. The molecule has 1 aromatic carbocycles. The van der Waals surface area contributed by atoms with Crippen LogP contribution in [-0.2, 0) is 23.9 Å². The Morgan fingerprint density at radius 2 is 1.71 bits per heavy atom. The molecular formula is C28H36N2O5. The van der Waals surface area contributed by atoms with Crippen molar-refractivity contribution in [2.24, 2.45) is 11.8 Å². The summed E-state index contributed by atoms with van der Waals surface area (Å²) in [7, 11) is 5.23. The van der Waals surface area contributed by atoms with E-state index in [2.05, 4.69) is 5.32 Å². The molecule has 188 valence electrons. The molecule has 1 aromatic rings. The Kier molecular flexibility index (Phi) is 7.33. The Hall–Kier alpha value is -3.09. The summed E-state index contributed by atoms with van der Waals surface area (Å²) in [5.41, 5.74) is 4.22. The maximum Gasteiger partial charge on any atom is 0.337 e. The molecular weight excluding hydrogens is 444 g/mol. The minimum Gasteiger partial charge on any atom is -0.468 e. The van der Waals surface area contributed by atoms with Crippen molar-refractivity contribution in [3.05, 3.63) is 52.4 Å². The summed E-state index contributed by atoms with van der Waals surface area (Å²) in [4.78, 5) is 42.0. The zero-order valence-corrected chi connectivity index (χ0v) is 21.3. The molecule has 0 saturated heterocycles. The molecule has 2 aliphatic carbocycles. The van der Waals surface area contributed by atoms with Crippen LogP contribution in [0.5, 0.6) is 0 Å². The van der Waals surface area contributed by atoms with Crippen LogP contribution in [0.2, 0.25) is 0 Å². The number of anilines is 1. The third-order valence-corrected chi connectivity index (χ3v) is 7.53. The van der Waals surface area contributed by atoms with Gasteiger partial charge in [-0.05, 0) is 62.6 Å². The van der Waals surface area contributed by atoms with Crippen molar-refractivity contribution in [3.63, 3.8) is 0 Å². The fourth-order valence-electron chi connectivity index (χ4n) is 5.65.